The second kappa shape index (κ2) is 6.66. The molecule has 3 rings (SSSR count). The van der Waals surface area contributed by atoms with E-state index in [1.165, 1.54) is 0 Å². The average molecular weight is 315 g/mol. The third kappa shape index (κ3) is 3.31. The lowest BCUT2D eigenvalue weighted by atomic mass is 10.2. The van der Waals surface area contributed by atoms with Crippen LogP contribution in [0.5, 0.6) is 11.5 Å². The van der Waals surface area contributed by atoms with Gasteiger partial charge in [-0.15, -0.1) is 11.3 Å². The Morgan fingerprint density at radius 2 is 2.18 bits per heavy atom. The van der Waals surface area contributed by atoms with Crippen molar-refractivity contribution in [3.8, 4) is 11.5 Å². The van der Waals surface area contributed by atoms with Gasteiger partial charge in [-0.3, -0.25) is 4.79 Å². The summed E-state index contributed by atoms with van der Waals surface area (Å²) >= 11 is 1.61. The summed E-state index contributed by atoms with van der Waals surface area (Å²) in [5.74, 6) is 1.51. The average Bonchev–Trinajstić information content (AvgIpc) is 3.20. The monoisotopic (exact) mass is 315 g/mol. The number of thiophene rings is 1. The summed E-state index contributed by atoms with van der Waals surface area (Å²) in [4.78, 5) is 15.2. The van der Waals surface area contributed by atoms with Crippen LogP contribution in [0.25, 0.3) is 6.08 Å². The highest BCUT2D eigenvalue weighted by Crippen LogP contribution is 2.32. The Morgan fingerprint density at radius 3 is 2.95 bits per heavy atom. The van der Waals surface area contributed by atoms with Gasteiger partial charge in [0.2, 0.25) is 12.7 Å². The fraction of sp³-hybridized carbons (Fsp3) is 0.235. The molecule has 1 aromatic carbocycles. The van der Waals surface area contributed by atoms with E-state index in [2.05, 4.69) is 0 Å². The van der Waals surface area contributed by atoms with Crippen LogP contribution in [0.4, 0.5) is 0 Å². The van der Waals surface area contributed by atoms with Crippen LogP contribution in [-0.4, -0.2) is 24.1 Å². The highest BCUT2D eigenvalue weighted by atomic mass is 32.1. The van der Waals surface area contributed by atoms with Gasteiger partial charge in [0.25, 0.3) is 0 Å². The summed E-state index contributed by atoms with van der Waals surface area (Å²) in [6, 6.07) is 9.74. The van der Waals surface area contributed by atoms with Gasteiger partial charge >= 0.3 is 0 Å². The van der Waals surface area contributed by atoms with E-state index in [-0.39, 0.29) is 12.7 Å². The number of carbonyl (C=O) groups is 1. The Morgan fingerprint density at radius 1 is 1.32 bits per heavy atom. The third-order valence-electron chi connectivity index (χ3n) is 3.44. The molecule has 1 aromatic heterocycles. The van der Waals surface area contributed by atoms with Crippen molar-refractivity contribution in [1.82, 2.24) is 4.90 Å². The minimum absolute atomic E-state index is 0.00793. The van der Waals surface area contributed by atoms with Gasteiger partial charge in [0.1, 0.15) is 0 Å². The Bertz CT molecular complexity index is 679. The maximum atomic E-state index is 12.3. The lowest BCUT2D eigenvalue weighted by molar-refractivity contribution is -0.126. The van der Waals surface area contributed by atoms with Crippen molar-refractivity contribution in [2.45, 2.75) is 13.5 Å². The van der Waals surface area contributed by atoms with Crippen LogP contribution in [0.2, 0.25) is 0 Å². The second-order valence-electron chi connectivity index (χ2n) is 4.89. The zero-order chi connectivity index (χ0) is 15.4. The van der Waals surface area contributed by atoms with E-state index < -0.39 is 0 Å². The summed E-state index contributed by atoms with van der Waals surface area (Å²) < 4.78 is 10.7. The van der Waals surface area contributed by atoms with Crippen molar-refractivity contribution < 1.29 is 14.3 Å². The largest absolute Gasteiger partial charge is 0.454 e. The maximum Gasteiger partial charge on any atom is 0.246 e. The number of nitrogens with zero attached hydrogens (tertiary/aromatic N) is 1. The van der Waals surface area contributed by atoms with E-state index >= 15 is 0 Å². The first-order valence-corrected chi connectivity index (χ1v) is 8.03. The Hall–Kier alpha value is -2.27. The minimum Gasteiger partial charge on any atom is -0.454 e. The molecule has 1 aliphatic heterocycles. The molecule has 0 N–H and O–H groups in total. The minimum atomic E-state index is 0.00793. The second-order valence-corrected chi connectivity index (χ2v) is 5.87. The lowest BCUT2D eigenvalue weighted by Gasteiger charge is -2.19. The molecule has 5 heteroatoms. The first-order chi connectivity index (χ1) is 10.8. The van der Waals surface area contributed by atoms with Gasteiger partial charge < -0.3 is 14.4 Å². The number of ether oxygens (including phenoxy) is 2. The van der Waals surface area contributed by atoms with Crippen molar-refractivity contribution >= 4 is 23.3 Å². The normalized spacial score (nSPS) is 12.8. The van der Waals surface area contributed by atoms with Gasteiger partial charge in [0.15, 0.2) is 11.5 Å². The van der Waals surface area contributed by atoms with Gasteiger partial charge in [-0.05, 0) is 42.1 Å². The van der Waals surface area contributed by atoms with E-state index in [0.717, 1.165) is 21.9 Å². The molecule has 22 heavy (non-hydrogen) atoms. The number of carbonyl (C=O) groups excluding carboxylic acids is 1. The molecule has 0 atom stereocenters. The number of hydrogen-bond acceptors (Lipinski definition) is 4. The molecular formula is C17H17NO3S. The van der Waals surface area contributed by atoms with E-state index in [1.807, 2.05) is 48.7 Å². The predicted molar refractivity (Wildman–Crippen MR) is 87.0 cm³/mol. The van der Waals surface area contributed by atoms with Crippen LogP contribution in [-0.2, 0) is 11.3 Å². The van der Waals surface area contributed by atoms with E-state index in [0.29, 0.717) is 13.1 Å². The molecule has 0 saturated heterocycles. The molecule has 4 nitrogen and oxygen atoms in total. The number of benzene rings is 1. The van der Waals surface area contributed by atoms with Crippen molar-refractivity contribution in [2.75, 3.05) is 13.3 Å². The maximum absolute atomic E-state index is 12.3. The molecule has 0 aliphatic carbocycles. The molecule has 0 radical (unpaired) electrons. The van der Waals surface area contributed by atoms with Crippen molar-refractivity contribution in [2.24, 2.45) is 0 Å². The fourth-order valence-corrected chi connectivity index (χ4v) is 2.87. The molecule has 114 valence electrons. The van der Waals surface area contributed by atoms with E-state index in [1.54, 1.807) is 22.3 Å². The van der Waals surface area contributed by atoms with Crippen molar-refractivity contribution in [1.29, 1.82) is 0 Å². The van der Waals surface area contributed by atoms with Crippen LogP contribution in [0.3, 0.4) is 0 Å². The third-order valence-corrected chi connectivity index (χ3v) is 4.27. The number of likely N-dealkylation sites (N-methyl/N-ethyl adjacent to an activating group) is 1. The fourth-order valence-electron chi connectivity index (χ4n) is 2.25. The lowest BCUT2D eigenvalue weighted by Crippen LogP contribution is -2.28. The Kier molecular flexibility index (Phi) is 4.44. The van der Waals surface area contributed by atoms with Crippen molar-refractivity contribution in [3.05, 3.63) is 52.2 Å². The van der Waals surface area contributed by atoms with E-state index in [9.17, 15) is 4.79 Å². The number of rotatable bonds is 5. The standard InChI is InChI=1S/C17H17NO3S/c1-2-18(17(19)8-6-14-4-3-9-22-14)11-13-5-7-15-16(10-13)21-12-20-15/h3-10H,2,11-12H2,1H3. The number of hydrogen-bond donors (Lipinski definition) is 0. The molecule has 2 aromatic rings. The zero-order valence-electron chi connectivity index (χ0n) is 12.3. The van der Waals surface area contributed by atoms with Crippen LogP contribution in [0.15, 0.2) is 41.8 Å². The van der Waals surface area contributed by atoms with Gasteiger partial charge in [-0.1, -0.05) is 12.1 Å². The molecule has 0 saturated carbocycles. The summed E-state index contributed by atoms with van der Waals surface area (Å²) in [5.41, 5.74) is 1.03. The van der Waals surface area contributed by atoms with Gasteiger partial charge in [-0.25, -0.2) is 0 Å². The van der Waals surface area contributed by atoms with Crippen LogP contribution in [0, 0.1) is 0 Å². The molecular weight excluding hydrogens is 298 g/mol. The van der Waals surface area contributed by atoms with Gasteiger partial charge in [0, 0.05) is 24.0 Å². The van der Waals surface area contributed by atoms with Gasteiger partial charge in [-0.2, -0.15) is 0 Å². The van der Waals surface area contributed by atoms with Crippen LogP contribution < -0.4 is 9.47 Å². The highest BCUT2D eigenvalue weighted by molar-refractivity contribution is 7.10. The van der Waals surface area contributed by atoms with E-state index in [4.69, 9.17) is 9.47 Å². The van der Waals surface area contributed by atoms with Gasteiger partial charge in [0.05, 0.1) is 0 Å². The molecule has 0 spiro atoms. The van der Waals surface area contributed by atoms with Crippen molar-refractivity contribution in [3.63, 3.8) is 0 Å². The summed E-state index contributed by atoms with van der Waals surface area (Å²) in [6.07, 6.45) is 3.48. The Labute approximate surface area is 133 Å². The zero-order valence-corrected chi connectivity index (χ0v) is 13.1. The molecule has 0 unspecified atom stereocenters. The molecule has 1 amide bonds. The number of fused-ring (bicyclic) bond motifs is 1. The van der Waals surface area contributed by atoms with Crippen LogP contribution >= 0.6 is 11.3 Å². The predicted octanol–water partition coefficient (Wildman–Crippen LogP) is 3.54. The first kappa shape index (κ1) is 14.7. The highest BCUT2D eigenvalue weighted by Gasteiger charge is 2.15. The molecule has 0 fully saturated rings. The molecule has 1 aliphatic rings. The first-order valence-electron chi connectivity index (χ1n) is 7.15. The summed E-state index contributed by atoms with van der Waals surface area (Å²) in [7, 11) is 0. The topological polar surface area (TPSA) is 38.8 Å². The quantitative estimate of drug-likeness (QED) is 0.792. The van der Waals surface area contributed by atoms with Crippen LogP contribution in [0.1, 0.15) is 17.4 Å². The Balaban J connectivity index is 1.67. The summed E-state index contributed by atoms with van der Waals surface area (Å²) in [5, 5.41) is 1.99. The molecule has 2 heterocycles. The molecule has 0 bridgehead atoms. The summed E-state index contributed by atoms with van der Waals surface area (Å²) in [6.45, 7) is 3.45. The number of amides is 1. The smallest absolute Gasteiger partial charge is 0.246 e. The SMILES string of the molecule is CCN(Cc1ccc2c(c1)OCO2)C(=O)C=Cc1cccs1.